The molecule has 0 saturated carbocycles. The Morgan fingerprint density at radius 3 is 2.12 bits per heavy atom. The number of hydrogen-bond donors (Lipinski definition) is 2. The van der Waals surface area contributed by atoms with Gasteiger partial charge in [-0.05, 0) is 55.4 Å². The first-order chi connectivity index (χ1) is 12.0. The molecule has 0 atom stereocenters. The maximum atomic E-state index is 12.3. The van der Waals surface area contributed by atoms with Crippen molar-refractivity contribution in [1.82, 2.24) is 10.3 Å². The molecule has 1 aromatic rings. The van der Waals surface area contributed by atoms with E-state index in [1.165, 1.54) is 0 Å². The number of ether oxygens (including phenoxy) is 1. The minimum atomic E-state index is -0.324. The van der Waals surface area contributed by atoms with Crippen LogP contribution in [0.4, 0.5) is 0 Å². The number of aromatic nitrogens is 1. The number of rotatable bonds is 7. The summed E-state index contributed by atoms with van der Waals surface area (Å²) >= 11 is 0. The highest BCUT2D eigenvalue weighted by Crippen LogP contribution is 2.30. The van der Waals surface area contributed by atoms with Crippen LogP contribution < -0.4 is 5.32 Å². The average Bonchev–Trinajstić information content (AvgIpc) is 3.11. The molecule has 0 saturated heterocycles. The van der Waals surface area contributed by atoms with Crippen molar-refractivity contribution < 1.29 is 14.3 Å². The van der Waals surface area contributed by atoms with Crippen LogP contribution in [0.1, 0.15) is 74.8 Å². The van der Waals surface area contributed by atoms with Crippen molar-refractivity contribution in [2.24, 2.45) is 0 Å². The summed E-state index contributed by atoms with van der Waals surface area (Å²) < 4.78 is 5.18. The van der Waals surface area contributed by atoms with Crippen molar-refractivity contribution in [3.8, 4) is 0 Å². The van der Waals surface area contributed by atoms with Crippen molar-refractivity contribution in [1.29, 1.82) is 0 Å². The van der Waals surface area contributed by atoms with E-state index in [2.05, 4.69) is 24.1 Å². The third-order valence-corrected chi connectivity index (χ3v) is 4.64. The molecule has 2 rings (SSSR count). The van der Waals surface area contributed by atoms with Crippen LogP contribution >= 0.6 is 0 Å². The van der Waals surface area contributed by atoms with E-state index in [-0.39, 0.29) is 11.9 Å². The first kappa shape index (κ1) is 19.0. The minimum absolute atomic E-state index is 0.0171. The van der Waals surface area contributed by atoms with Crippen LogP contribution in [0.3, 0.4) is 0 Å². The van der Waals surface area contributed by atoms with E-state index in [1.54, 1.807) is 6.92 Å². The second-order valence-electron chi connectivity index (χ2n) is 5.97. The molecule has 0 fully saturated rings. The van der Waals surface area contributed by atoms with Gasteiger partial charge in [0.05, 0.1) is 6.61 Å². The lowest BCUT2D eigenvalue weighted by Gasteiger charge is -2.05. The van der Waals surface area contributed by atoms with Gasteiger partial charge < -0.3 is 15.0 Å². The molecule has 1 amide bonds. The highest BCUT2D eigenvalue weighted by molar-refractivity contribution is 6.01. The smallest absolute Gasteiger partial charge is 0.355 e. The summed E-state index contributed by atoms with van der Waals surface area (Å²) in [6.07, 6.45) is 5.02. The Labute approximate surface area is 149 Å². The van der Waals surface area contributed by atoms with Crippen LogP contribution in [-0.4, -0.2) is 23.5 Å². The van der Waals surface area contributed by atoms with Gasteiger partial charge in [-0.3, -0.25) is 4.79 Å². The van der Waals surface area contributed by atoms with E-state index in [0.717, 1.165) is 52.9 Å². The number of esters is 1. The van der Waals surface area contributed by atoms with E-state index >= 15 is 0 Å². The van der Waals surface area contributed by atoms with Gasteiger partial charge in [0.25, 0.3) is 5.91 Å². The Hall–Kier alpha value is -2.30. The molecular formula is C20H28N2O3. The fraction of sp³-hybridized carbons (Fsp3) is 0.500. The monoisotopic (exact) mass is 344 g/mol. The summed E-state index contributed by atoms with van der Waals surface area (Å²) in [6, 6.07) is 0. The molecule has 5 nitrogen and oxygen atoms in total. The zero-order valence-corrected chi connectivity index (χ0v) is 15.8. The Bertz CT molecular complexity index is 738. The molecule has 0 aromatic carbocycles. The van der Waals surface area contributed by atoms with Crippen LogP contribution in [0, 0.1) is 0 Å². The lowest BCUT2D eigenvalue weighted by atomic mass is 10.0. The van der Waals surface area contributed by atoms with Crippen LogP contribution in [0.2, 0.25) is 0 Å². The summed E-state index contributed by atoms with van der Waals surface area (Å²) in [5, 5.41) is 2.97. The number of allylic oxidation sites excluding steroid dienone is 1. The Kier molecular flexibility index (Phi) is 6.23. The maximum Gasteiger partial charge on any atom is 0.355 e. The Morgan fingerprint density at radius 1 is 0.960 bits per heavy atom. The number of carbonyl (C=O) groups is 2. The first-order valence-corrected chi connectivity index (χ1v) is 9.18. The van der Waals surface area contributed by atoms with Crippen LogP contribution in [0.5, 0.6) is 0 Å². The highest BCUT2D eigenvalue weighted by Gasteiger charge is 2.26. The lowest BCUT2D eigenvalue weighted by molar-refractivity contribution is -0.116. The van der Waals surface area contributed by atoms with E-state index in [0.29, 0.717) is 18.7 Å². The molecule has 136 valence electrons. The van der Waals surface area contributed by atoms with Gasteiger partial charge in [0.1, 0.15) is 5.69 Å². The molecule has 0 bridgehead atoms. The average molecular weight is 344 g/mol. The van der Waals surface area contributed by atoms with Crippen LogP contribution in [0.15, 0.2) is 16.8 Å². The van der Waals surface area contributed by atoms with Crippen molar-refractivity contribution in [2.75, 3.05) is 6.61 Å². The minimum Gasteiger partial charge on any atom is -0.461 e. The van der Waals surface area contributed by atoms with Gasteiger partial charge in [0.2, 0.25) is 0 Å². The number of H-pyrrole nitrogens is 1. The summed E-state index contributed by atoms with van der Waals surface area (Å²) in [7, 11) is 0. The van der Waals surface area contributed by atoms with Gasteiger partial charge in [-0.25, -0.2) is 4.79 Å². The van der Waals surface area contributed by atoms with Crippen molar-refractivity contribution in [3.05, 3.63) is 39.4 Å². The van der Waals surface area contributed by atoms with Crippen molar-refractivity contribution in [3.63, 3.8) is 0 Å². The molecule has 2 N–H and O–H groups in total. The fourth-order valence-electron chi connectivity index (χ4n) is 3.51. The van der Waals surface area contributed by atoms with Crippen molar-refractivity contribution >= 4 is 18.0 Å². The predicted octanol–water partition coefficient (Wildman–Crippen LogP) is 3.90. The topological polar surface area (TPSA) is 71.2 Å². The maximum absolute atomic E-state index is 12.3. The Morgan fingerprint density at radius 2 is 1.60 bits per heavy atom. The second-order valence-corrected chi connectivity index (χ2v) is 5.97. The molecule has 1 aliphatic rings. The number of carbonyl (C=O) groups excluding carboxylic acids is 2. The highest BCUT2D eigenvalue weighted by atomic mass is 16.5. The standard InChI is InChI=1S/C20H28N2O3/c1-6-12-14(8-3)18(20(24)25-10-5)21-16(12)11-17-13(7-2)15(9-4)19(23)22-17/h11,21H,6-10H2,1-5H3,(H,22,23)/b17-11+. The molecular weight excluding hydrogens is 316 g/mol. The normalized spacial score (nSPS) is 15.9. The van der Waals surface area contributed by atoms with Gasteiger partial charge in [0, 0.05) is 17.0 Å². The molecule has 0 spiro atoms. The summed E-state index contributed by atoms with van der Waals surface area (Å²) in [6.45, 7) is 10.3. The van der Waals surface area contributed by atoms with E-state index in [4.69, 9.17) is 4.74 Å². The van der Waals surface area contributed by atoms with Gasteiger partial charge in [-0.15, -0.1) is 0 Å². The van der Waals surface area contributed by atoms with Crippen LogP contribution in [0.25, 0.3) is 6.08 Å². The number of nitrogens with one attached hydrogen (secondary N) is 2. The molecule has 25 heavy (non-hydrogen) atoms. The zero-order valence-electron chi connectivity index (χ0n) is 15.8. The summed E-state index contributed by atoms with van der Waals surface area (Å²) in [4.78, 5) is 27.6. The van der Waals surface area contributed by atoms with Crippen molar-refractivity contribution in [2.45, 2.75) is 60.3 Å². The summed E-state index contributed by atoms with van der Waals surface area (Å²) in [5.74, 6) is -0.341. The Balaban J connectivity index is 2.55. The van der Waals surface area contributed by atoms with Gasteiger partial charge in [0.15, 0.2) is 0 Å². The van der Waals surface area contributed by atoms with Gasteiger partial charge in [-0.1, -0.05) is 27.7 Å². The van der Waals surface area contributed by atoms with Crippen LogP contribution in [-0.2, 0) is 22.4 Å². The second kappa shape index (κ2) is 8.19. The predicted molar refractivity (Wildman–Crippen MR) is 99.2 cm³/mol. The first-order valence-electron chi connectivity index (χ1n) is 9.18. The van der Waals surface area contributed by atoms with Gasteiger partial charge >= 0.3 is 5.97 Å². The molecule has 0 aliphatic carbocycles. The SMILES string of the molecule is CCOC(=O)c1[nH]c(/C=C2/NC(=O)C(CC)=C2CC)c(CC)c1CC. The fourth-order valence-corrected chi connectivity index (χ4v) is 3.51. The third-order valence-electron chi connectivity index (χ3n) is 4.64. The molecule has 0 radical (unpaired) electrons. The number of amides is 1. The quantitative estimate of drug-likeness (QED) is 0.737. The summed E-state index contributed by atoms with van der Waals surface area (Å²) in [5.41, 5.74) is 6.23. The number of hydrogen-bond acceptors (Lipinski definition) is 3. The molecule has 5 heteroatoms. The zero-order chi connectivity index (χ0) is 18.6. The molecule has 2 heterocycles. The molecule has 0 unspecified atom stereocenters. The van der Waals surface area contributed by atoms with E-state index in [9.17, 15) is 9.59 Å². The lowest BCUT2D eigenvalue weighted by Crippen LogP contribution is -2.16. The number of aromatic amines is 1. The van der Waals surface area contributed by atoms with E-state index < -0.39 is 0 Å². The van der Waals surface area contributed by atoms with E-state index in [1.807, 2.05) is 19.9 Å². The molecule has 1 aromatic heterocycles. The largest absolute Gasteiger partial charge is 0.461 e. The molecule has 1 aliphatic heterocycles. The third kappa shape index (κ3) is 3.55. The van der Waals surface area contributed by atoms with Gasteiger partial charge in [-0.2, -0.15) is 0 Å².